The number of hydrogen-bond acceptors (Lipinski definition) is 3. The molecule has 0 spiro atoms. The minimum absolute atomic E-state index is 0.230. The highest BCUT2D eigenvalue weighted by molar-refractivity contribution is 5.03. The molecule has 2 rings (SSSR count). The van der Waals surface area contributed by atoms with Crippen LogP contribution in [0.3, 0.4) is 0 Å². The SMILES string of the molecule is COCC(O)(C1CC1)C1CC(C)CCN1. The minimum atomic E-state index is -0.622. The fourth-order valence-corrected chi connectivity index (χ4v) is 2.81. The van der Waals surface area contributed by atoms with Gasteiger partial charge in [-0.15, -0.1) is 0 Å². The molecule has 2 aliphatic rings. The summed E-state index contributed by atoms with van der Waals surface area (Å²) in [5, 5.41) is 14.2. The predicted molar refractivity (Wildman–Crippen MR) is 59.7 cm³/mol. The van der Waals surface area contributed by atoms with E-state index in [1.165, 1.54) is 6.42 Å². The quantitative estimate of drug-likeness (QED) is 0.736. The van der Waals surface area contributed by atoms with Crippen LogP contribution in [0.5, 0.6) is 0 Å². The van der Waals surface area contributed by atoms with E-state index in [0.717, 1.165) is 31.7 Å². The highest BCUT2D eigenvalue weighted by Crippen LogP contribution is 2.43. The zero-order valence-electron chi connectivity index (χ0n) is 9.83. The Morgan fingerprint density at radius 3 is 2.67 bits per heavy atom. The first-order valence-electron chi connectivity index (χ1n) is 6.11. The number of piperidine rings is 1. The van der Waals surface area contributed by atoms with Gasteiger partial charge in [0, 0.05) is 13.2 Å². The van der Waals surface area contributed by atoms with E-state index in [0.29, 0.717) is 12.5 Å². The van der Waals surface area contributed by atoms with Gasteiger partial charge in [-0.2, -0.15) is 0 Å². The number of nitrogens with one attached hydrogen (secondary N) is 1. The zero-order valence-corrected chi connectivity index (χ0v) is 9.83. The molecule has 1 aliphatic heterocycles. The molecule has 3 nitrogen and oxygen atoms in total. The molecule has 0 radical (unpaired) electrons. The molecule has 1 saturated carbocycles. The highest BCUT2D eigenvalue weighted by Gasteiger charge is 2.49. The molecule has 0 aromatic carbocycles. The van der Waals surface area contributed by atoms with E-state index in [1.807, 2.05) is 0 Å². The lowest BCUT2D eigenvalue weighted by molar-refractivity contribution is -0.0831. The second kappa shape index (κ2) is 4.40. The minimum Gasteiger partial charge on any atom is -0.386 e. The van der Waals surface area contributed by atoms with Crippen LogP contribution in [0.2, 0.25) is 0 Å². The third-order valence-electron chi connectivity index (χ3n) is 3.93. The van der Waals surface area contributed by atoms with Crippen molar-refractivity contribution in [2.45, 2.75) is 44.2 Å². The van der Waals surface area contributed by atoms with Gasteiger partial charge in [-0.05, 0) is 44.1 Å². The van der Waals surface area contributed by atoms with Gasteiger partial charge in [0.25, 0.3) is 0 Å². The van der Waals surface area contributed by atoms with E-state index in [9.17, 15) is 5.11 Å². The molecular formula is C12H23NO2. The Bertz CT molecular complexity index is 218. The lowest BCUT2D eigenvalue weighted by atomic mass is 9.81. The van der Waals surface area contributed by atoms with Crippen LogP contribution in [-0.4, -0.2) is 37.0 Å². The van der Waals surface area contributed by atoms with Crippen LogP contribution < -0.4 is 5.32 Å². The third-order valence-corrected chi connectivity index (χ3v) is 3.93. The summed E-state index contributed by atoms with van der Waals surface area (Å²) >= 11 is 0. The van der Waals surface area contributed by atoms with Crippen LogP contribution in [-0.2, 0) is 4.74 Å². The molecule has 0 bridgehead atoms. The molecule has 0 aromatic rings. The van der Waals surface area contributed by atoms with Crippen molar-refractivity contribution in [2.24, 2.45) is 11.8 Å². The molecule has 3 heteroatoms. The summed E-state index contributed by atoms with van der Waals surface area (Å²) in [6.07, 6.45) is 4.62. The van der Waals surface area contributed by atoms with Gasteiger partial charge in [-0.25, -0.2) is 0 Å². The molecular weight excluding hydrogens is 190 g/mol. The van der Waals surface area contributed by atoms with Crippen molar-refractivity contribution in [1.29, 1.82) is 0 Å². The standard InChI is InChI=1S/C12H23NO2/c1-9-5-6-13-11(7-9)12(14,8-15-2)10-3-4-10/h9-11,13-14H,3-8H2,1-2H3. The summed E-state index contributed by atoms with van der Waals surface area (Å²) in [6, 6.07) is 0.230. The second-order valence-corrected chi connectivity index (χ2v) is 5.33. The second-order valence-electron chi connectivity index (χ2n) is 5.33. The average molecular weight is 213 g/mol. The monoisotopic (exact) mass is 213 g/mol. The third kappa shape index (κ3) is 2.35. The van der Waals surface area contributed by atoms with Gasteiger partial charge in [-0.1, -0.05) is 6.92 Å². The first-order chi connectivity index (χ1) is 7.16. The van der Waals surface area contributed by atoms with Crippen LogP contribution in [0.4, 0.5) is 0 Å². The molecule has 1 saturated heterocycles. The molecule has 3 unspecified atom stereocenters. The van der Waals surface area contributed by atoms with E-state index >= 15 is 0 Å². The van der Waals surface area contributed by atoms with Crippen LogP contribution in [0.25, 0.3) is 0 Å². The van der Waals surface area contributed by atoms with E-state index in [2.05, 4.69) is 12.2 Å². The predicted octanol–water partition coefficient (Wildman–Crippen LogP) is 1.16. The Morgan fingerprint density at radius 1 is 1.40 bits per heavy atom. The van der Waals surface area contributed by atoms with Crippen molar-refractivity contribution in [1.82, 2.24) is 5.32 Å². The van der Waals surface area contributed by atoms with E-state index in [4.69, 9.17) is 4.74 Å². The molecule has 15 heavy (non-hydrogen) atoms. The van der Waals surface area contributed by atoms with Crippen LogP contribution in [0.15, 0.2) is 0 Å². The Balaban J connectivity index is 2.02. The number of hydrogen-bond donors (Lipinski definition) is 2. The maximum Gasteiger partial charge on any atom is 0.106 e. The average Bonchev–Trinajstić information content (AvgIpc) is 3.01. The van der Waals surface area contributed by atoms with Gasteiger partial charge in [0.2, 0.25) is 0 Å². The molecule has 1 aliphatic carbocycles. The number of rotatable bonds is 4. The van der Waals surface area contributed by atoms with Crippen molar-refractivity contribution < 1.29 is 9.84 Å². The summed E-state index contributed by atoms with van der Waals surface area (Å²) in [4.78, 5) is 0. The Hall–Kier alpha value is -0.120. The molecule has 3 atom stereocenters. The Morgan fingerprint density at radius 2 is 2.13 bits per heavy atom. The number of ether oxygens (including phenoxy) is 1. The molecule has 1 heterocycles. The van der Waals surface area contributed by atoms with Crippen LogP contribution in [0.1, 0.15) is 32.6 Å². The van der Waals surface area contributed by atoms with Crippen molar-refractivity contribution in [3.63, 3.8) is 0 Å². The Kier molecular flexibility index (Phi) is 3.33. The Labute approximate surface area is 92.2 Å². The lowest BCUT2D eigenvalue weighted by Crippen LogP contribution is -2.58. The van der Waals surface area contributed by atoms with Gasteiger partial charge in [0.05, 0.1) is 6.61 Å². The maximum absolute atomic E-state index is 10.7. The number of methoxy groups -OCH3 is 1. The summed E-state index contributed by atoms with van der Waals surface area (Å²) in [5.74, 6) is 1.18. The van der Waals surface area contributed by atoms with E-state index in [1.54, 1.807) is 7.11 Å². The van der Waals surface area contributed by atoms with Gasteiger partial charge < -0.3 is 15.2 Å². The maximum atomic E-state index is 10.7. The molecule has 88 valence electrons. The lowest BCUT2D eigenvalue weighted by Gasteiger charge is -2.41. The van der Waals surface area contributed by atoms with Gasteiger partial charge in [0.15, 0.2) is 0 Å². The summed E-state index contributed by atoms with van der Waals surface area (Å²) in [7, 11) is 1.68. The highest BCUT2D eigenvalue weighted by atomic mass is 16.5. The van der Waals surface area contributed by atoms with Gasteiger partial charge in [-0.3, -0.25) is 0 Å². The fraction of sp³-hybridized carbons (Fsp3) is 1.00. The zero-order chi connectivity index (χ0) is 10.9. The summed E-state index contributed by atoms with van der Waals surface area (Å²) < 4.78 is 5.21. The molecule has 2 fully saturated rings. The topological polar surface area (TPSA) is 41.5 Å². The van der Waals surface area contributed by atoms with Gasteiger partial charge >= 0.3 is 0 Å². The molecule has 0 amide bonds. The normalized spacial score (nSPS) is 36.2. The molecule has 0 aromatic heterocycles. The van der Waals surface area contributed by atoms with E-state index in [-0.39, 0.29) is 6.04 Å². The smallest absolute Gasteiger partial charge is 0.106 e. The van der Waals surface area contributed by atoms with Crippen LogP contribution in [0, 0.1) is 11.8 Å². The molecule has 2 N–H and O–H groups in total. The fourth-order valence-electron chi connectivity index (χ4n) is 2.81. The van der Waals surface area contributed by atoms with Crippen molar-refractivity contribution in [2.75, 3.05) is 20.3 Å². The van der Waals surface area contributed by atoms with Crippen molar-refractivity contribution in [3.05, 3.63) is 0 Å². The van der Waals surface area contributed by atoms with Crippen molar-refractivity contribution in [3.8, 4) is 0 Å². The van der Waals surface area contributed by atoms with Crippen LogP contribution >= 0.6 is 0 Å². The number of aliphatic hydroxyl groups is 1. The van der Waals surface area contributed by atoms with Gasteiger partial charge in [0.1, 0.15) is 5.60 Å². The first-order valence-corrected chi connectivity index (χ1v) is 6.11. The van der Waals surface area contributed by atoms with E-state index < -0.39 is 5.60 Å². The van der Waals surface area contributed by atoms with Crippen molar-refractivity contribution >= 4 is 0 Å². The first kappa shape index (κ1) is 11.4. The summed E-state index contributed by atoms with van der Waals surface area (Å²) in [5.41, 5.74) is -0.622. The largest absolute Gasteiger partial charge is 0.386 e. The summed E-state index contributed by atoms with van der Waals surface area (Å²) in [6.45, 7) is 3.78.